The zero-order valence-corrected chi connectivity index (χ0v) is 13.5. The van der Waals surface area contributed by atoms with E-state index in [4.69, 9.17) is 9.72 Å². The summed E-state index contributed by atoms with van der Waals surface area (Å²) in [5.41, 5.74) is 8.25. The van der Waals surface area contributed by atoms with Crippen LogP contribution in [0.1, 0.15) is 36.2 Å². The van der Waals surface area contributed by atoms with Gasteiger partial charge in [0.15, 0.2) is 0 Å². The fraction of sp³-hybridized carbons (Fsp3) is 0.263. The van der Waals surface area contributed by atoms with Gasteiger partial charge in [-0.1, -0.05) is 6.08 Å². The molecule has 1 aliphatic carbocycles. The number of aromatic nitrogens is 4. The summed E-state index contributed by atoms with van der Waals surface area (Å²) in [5, 5.41) is 7.44. The summed E-state index contributed by atoms with van der Waals surface area (Å²) in [4.78, 5) is 4.75. The maximum absolute atomic E-state index is 5.42. The first-order valence-electron chi connectivity index (χ1n) is 8.32. The van der Waals surface area contributed by atoms with Crippen LogP contribution in [0.25, 0.3) is 22.5 Å². The summed E-state index contributed by atoms with van der Waals surface area (Å²) in [6.07, 6.45) is 10.5. The van der Waals surface area contributed by atoms with Crippen molar-refractivity contribution in [2.24, 2.45) is 0 Å². The predicted octanol–water partition coefficient (Wildman–Crippen LogP) is 3.74. The van der Waals surface area contributed by atoms with Gasteiger partial charge in [-0.15, -0.1) is 0 Å². The molecule has 1 N–H and O–H groups in total. The molecular weight excluding hydrogens is 300 g/mol. The second kappa shape index (κ2) is 5.09. The molecule has 5 rings (SSSR count). The Balaban J connectivity index is 1.78. The summed E-state index contributed by atoms with van der Waals surface area (Å²) in [7, 11) is 1.69. The van der Waals surface area contributed by atoms with Crippen molar-refractivity contribution in [3.63, 3.8) is 0 Å². The highest BCUT2D eigenvalue weighted by Crippen LogP contribution is 2.39. The van der Waals surface area contributed by atoms with E-state index in [1.165, 1.54) is 23.3 Å². The van der Waals surface area contributed by atoms with Crippen molar-refractivity contribution < 1.29 is 4.74 Å². The Morgan fingerprint density at radius 2 is 2.25 bits per heavy atom. The Labute approximate surface area is 140 Å². The molecule has 2 aromatic heterocycles. The molecule has 24 heavy (non-hydrogen) atoms. The molecule has 0 unspecified atom stereocenters. The third kappa shape index (κ3) is 1.87. The molecule has 0 radical (unpaired) electrons. The van der Waals surface area contributed by atoms with Crippen molar-refractivity contribution in [3.05, 3.63) is 53.8 Å². The molecule has 1 aromatic carbocycles. The molecule has 0 saturated carbocycles. The summed E-state index contributed by atoms with van der Waals surface area (Å²) < 4.78 is 7.64. The Morgan fingerprint density at radius 1 is 1.29 bits per heavy atom. The van der Waals surface area contributed by atoms with E-state index in [1.54, 1.807) is 7.11 Å². The molecule has 0 atom stereocenters. The third-order valence-corrected chi connectivity index (χ3v) is 5.02. The van der Waals surface area contributed by atoms with Gasteiger partial charge < -0.3 is 9.30 Å². The summed E-state index contributed by atoms with van der Waals surface area (Å²) in [6, 6.07) is 6.16. The van der Waals surface area contributed by atoms with Crippen LogP contribution in [0.5, 0.6) is 5.75 Å². The van der Waals surface area contributed by atoms with Crippen molar-refractivity contribution in [1.29, 1.82) is 0 Å². The predicted molar refractivity (Wildman–Crippen MR) is 92.3 cm³/mol. The van der Waals surface area contributed by atoms with Crippen LogP contribution in [-0.4, -0.2) is 26.9 Å². The largest absolute Gasteiger partial charge is 0.497 e. The SMILES string of the molecule is COc1ccc2c(c1)-c1[nH]ncc1Cc1c(C3=CCCC3)ncn1-2. The summed E-state index contributed by atoms with van der Waals surface area (Å²) in [5.74, 6) is 0.844. The molecule has 0 bridgehead atoms. The van der Waals surface area contributed by atoms with Gasteiger partial charge in [-0.25, -0.2) is 4.98 Å². The molecule has 3 aromatic rings. The van der Waals surface area contributed by atoms with Crippen LogP contribution in [0.2, 0.25) is 0 Å². The van der Waals surface area contributed by atoms with Gasteiger partial charge in [-0.2, -0.15) is 5.10 Å². The van der Waals surface area contributed by atoms with Crippen LogP contribution >= 0.6 is 0 Å². The number of ether oxygens (including phenoxy) is 1. The number of hydrogen-bond donors (Lipinski definition) is 1. The first-order valence-corrected chi connectivity index (χ1v) is 8.32. The molecule has 5 heteroatoms. The van der Waals surface area contributed by atoms with E-state index in [9.17, 15) is 0 Å². The van der Waals surface area contributed by atoms with Gasteiger partial charge in [-0.05, 0) is 43.0 Å². The number of benzene rings is 1. The number of methoxy groups -OCH3 is 1. The minimum atomic E-state index is 0.829. The quantitative estimate of drug-likeness (QED) is 0.612. The number of H-pyrrole nitrogens is 1. The van der Waals surface area contributed by atoms with Gasteiger partial charge in [-0.3, -0.25) is 5.10 Å². The van der Waals surface area contributed by atoms with Crippen LogP contribution < -0.4 is 4.74 Å². The highest BCUT2D eigenvalue weighted by molar-refractivity contribution is 5.77. The van der Waals surface area contributed by atoms with E-state index in [0.29, 0.717) is 0 Å². The maximum atomic E-state index is 5.42. The average molecular weight is 318 g/mol. The van der Waals surface area contributed by atoms with E-state index in [-0.39, 0.29) is 0 Å². The Bertz CT molecular complexity index is 964. The lowest BCUT2D eigenvalue weighted by molar-refractivity contribution is 0.415. The zero-order valence-electron chi connectivity index (χ0n) is 13.5. The Morgan fingerprint density at radius 3 is 3.08 bits per heavy atom. The molecule has 0 fully saturated rings. The number of imidazole rings is 1. The maximum Gasteiger partial charge on any atom is 0.119 e. The Kier molecular flexibility index (Phi) is 2.89. The third-order valence-electron chi connectivity index (χ3n) is 5.02. The number of aromatic amines is 1. The lowest BCUT2D eigenvalue weighted by Gasteiger charge is -2.11. The van der Waals surface area contributed by atoms with E-state index in [1.807, 2.05) is 18.6 Å². The number of hydrogen-bond acceptors (Lipinski definition) is 3. The van der Waals surface area contributed by atoms with Gasteiger partial charge in [0.25, 0.3) is 0 Å². The van der Waals surface area contributed by atoms with E-state index >= 15 is 0 Å². The molecule has 0 saturated heterocycles. The van der Waals surface area contributed by atoms with E-state index < -0.39 is 0 Å². The topological polar surface area (TPSA) is 55.7 Å². The molecule has 3 heterocycles. The highest BCUT2D eigenvalue weighted by atomic mass is 16.5. The van der Waals surface area contributed by atoms with Crippen molar-refractivity contribution in [2.75, 3.05) is 7.11 Å². The van der Waals surface area contributed by atoms with Gasteiger partial charge in [0.2, 0.25) is 0 Å². The molecule has 0 amide bonds. The first-order chi connectivity index (χ1) is 11.8. The van der Waals surface area contributed by atoms with Crippen molar-refractivity contribution in [3.8, 4) is 22.7 Å². The number of allylic oxidation sites excluding steroid dienone is 2. The first kappa shape index (κ1) is 13.6. The van der Waals surface area contributed by atoms with E-state index in [0.717, 1.165) is 47.7 Å². The summed E-state index contributed by atoms with van der Waals surface area (Å²) in [6.45, 7) is 0. The van der Waals surface area contributed by atoms with Gasteiger partial charge in [0.1, 0.15) is 12.1 Å². The van der Waals surface area contributed by atoms with Crippen LogP contribution in [-0.2, 0) is 6.42 Å². The summed E-state index contributed by atoms with van der Waals surface area (Å²) >= 11 is 0. The fourth-order valence-electron chi connectivity index (χ4n) is 3.82. The standard InChI is InChI=1S/C19H18N4O/c1-24-14-6-7-16-15(9-14)18-13(10-21-22-18)8-17-19(20-11-23(16)17)12-4-2-3-5-12/h4,6-7,9-11H,2-3,5,8H2,1H3,(H,21,22). The number of rotatable bonds is 2. The fourth-order valence-corrected chi connectivity index (χ4v) is 3.82. The zero-order chi connectivity index (χ0) is 16.1. The van der Waals surface area contributed by atoms with Gasteiger partial charge in [0.05, 0.1) is 36.1 Å². The van der Waals surface area contributed by atoms with Crippen molar-refractivity contribution in [2.45, 2.75) is 25.7 Å². The second-order valence-corrected chi connectivity index (χ2v) is 6.36. The smallest absolute Gasteiger partial charge is 0.119 e. The van der Waals surface area contributed by atoms with Crippen LogP contribution in [0, 0.1) is 0 Å². The molecular formula is C19H18N4O. The Hall–Kier alpha value is -2.82. The molecule has 1 aliphatic heterocycles. The van der Waals surface area contributed by atoms with Gasteiger partial charge in [0, 0.05) is 17.5 Å². The van der Waals surface area contributed by atoms with Crippen LogP contribution in [0.3, 0.4) is 0 Å². The monoisotopic (exact) mass is 318 g/mol. The average Bonchev–Trinajstić information content (AvgIpc) is 3.34. The molecule has 0 spiro atoms. The van der Waals surface area contributed by atoms with Crippen molar-refractivity contribution in [1.82, 2.24) is 19.7 Å². The highest BCUT2D eigenvalue weighted by Gasteiger charge is 2.25. The number of nitrogens with one attached hydrogen (secondary N) is 1. The second-order valence-electron chi connectivity index (χ2n) is 6.36. The van der Waals surface area contributed by atoms with Gasteiger partial charge >= 0.3 is 0 Å². The van der Waals surface area contributed by atoms with Crippen molar-refractivity contribution >= 4 is 5.57 Å². The normalized spacial score (nSPS) is 15.3. The van der Waals surface area contributed by atoms with Crippen LogP contribution in [0.4, 0.5) is 0 Å². The minimum Gasteiger partial charge on any atom is -0.497 e. The number of nitrogens with zero attached hydrogens (tertiary/aromatic N) is 3. The lowest BCUT2D eigenvalue weighted by atomic mass is 10.0. The minimum absolute atomic E-state index is 0.829. The molecule has 5 nitrogen and oxygen atoms in total. The van der Waals surface area contributed by atoms with E-state index in [2.05, 4.69) is 33.0 Å². The van der Waals surface area contributed by atoms with Crippen LogP contribution in [0.15, 0.2) is 36.8 Å². The molecule has 120 valence electrons. The molecule has 2 aliphatic rings. The lowest BCUT2D eigenvalue weighted by Crippen LogP contribution is -2.01. The number of fused-ring (bicyclic) bond motifs is 5.